The molecule has 0 radical (unpaired) electrons. The Morgan fingerprint density at radius 1 is 1.15 bits per heavy atom. The monoisotopic (exact) mass is 364 g/mol. The Labute approximate surface area is 157 Å². The summed E-state index contributed by atoms with van der Waals surface area (Å²) in [7, 11) is 0. The first-order valence-corrected chi connectivity index (χ1v) is 8.62. The minimum absolute atomic E-state index is 0.0638. The van der Waals surface area contributed by atoms with E-state index in [1.54, 1.807) is 6.08 Å². The third kappa shape index (κ3) is 5.04. The van der Waals surface area contributed by atoms with Crippen molar-refractivity contribution in [2.45, 2.75) is 20.5 Å². The second-order valence-electron chi connectivity index (χ2n) is 5.79. The molecular weight excluding hydrogens is 344 g/mol. The lowest BCUT2D eigenvalue weighted by atomic mass is 10.1. The normalized spacial score (nSPS) is 10.9. The number of rotatable bonds is 7. The first-order valence-electron chi connectivity index (χ1n) is 8.62. The van der Waals surface area contributed by atoms with Gasteiger partial charge in [-0.1, -0.05) is 41.1 Å². The number of hydrogen-bond donors (Lipinski definition) is 0. The highest BCUT2D eigenvalue weighted by Crippen LogP contribution is 2.20. The molecule has 0 aliphatic carbocycles. The van der Waals surface area contributed by atoms with E-state index in [-0.39, 0.29) is 6.61 Å². The van der Waals surface area contributed by atoms with Crippen LogP contribution in [0.4, 0.5) is 0 Å². The zero-order chi connectivity index (χ0) is 19.1. The van der Waals surface area contributed by atoms with Crippen LogP contribution < -0.4 is 4.74 Å². The molecule has 2 aromatic carbocycles. The second-order valence-corrected chi connectivity index (χ2v) is 5.79. The maximum Gasteiger partial charge on any atom is 0.331 e. The summed E-state index contributed by atoms with van der Waals surface area (Å²) in [6.45, 7) is 4.40. The largest absolute Gasteiger partial charge is 0.493 e. The van der Waals surface area contributed by atoms with Crippen LogP contribution in [0.3, 0.4) is 0 Å². The van der Waals surface area contributed by atoms with Crippen molar-refractivity contribution in [2.24, 2.45) is 0 Å². The minimum atomic E-state index is -0.497. The van der Waals surface area contributed by atoms with Crippen molar-refractivity contribution in [3.8, 4) is 17.2 Å². The molecule has 3 aromatic rings. The number of ether oxygens (including phenoxy) is 2. The first kappa shape index (κ1) is 18.4. The molecule has 0 saturated heterocycles. The van der Waals surface area contributed by atoms with E-state index in [0.717, 1.165) is 16.7 Å². The van der Waals surface area contributed by atoms with E-state index in [1.807, 2.05) is 62.4 Å². The van der Waals surface area contributed by atoms with Crippen molar-refractivity contribution in [2.75, 3.05) is 6.61 Å². The molecule has 0 atom stereocenters. The summed E-state index contributed by atoms with van der Waals surface area (Å²) >= 11 is 0. The van der Waals surface area contributed by atoms with Crippen molar-refractivity contribution in [3.05, 3.63) is 71.6 Å². The van der Waals surface area contributed by atoms with Crippen LogP contribution in [0.2, 0.25) is 0 Å². The highest BCUT2D eigenvalue weighted by Gasteiger charge is 2.10. The summed E-state index contributed by atoms with van der Waals surface area (Å²) in [5, 5.41) is 3.84. The van der Waals surface area contributed by atoms with Crippen molar-refractivity contribution in [1.82, 2.24) is 10.1 Å². The quantitative estimate of drug-likeness (QED) is 0.462. The lowest BCUT2D eigenvalue weighted by Gasteiger charge is -2.06. The zero-order valence-electron chi connectivity index (χ0n) is 15.2. The highest BCUT2D eigenvalue weighted by molar-refractivity contribution is 5.87. The van der Waals surface area contributed by atoms with Crippen molar-refractivity contribution >= 4 is 12.0 Å². The lowest BCUT2D eigenvalue weighted by Crippen LogP contribution is -2.02. The molecular formula is C21H20N2O4. The molecule has 0 unspecified atom stereocenters. The van der Waals surface area contributed by atoms with Crippen LogP contribution in [0.15, 0.2) is 59.1 Å². The molecule has 3 rings (SSSR count). The fraction of sp³-hybridized carbons (Fsp3) is 0.190. The molecule has 6 heteroatoms. The molecule has 1 aromatic heterocycles. The van der Waals surface area contributed by atoms with E-state index >= 15 is 0 Å². The van der Waals surface area contributed by atoms with Crippen LogP contribution in [0.1, 0.15) is 23.9 Å². The third-order valence-corrected chi connectivity index (χ3v) is 3.73. The highest BCUT2D eigenvalue weighted by atomic mass is 16.5. The molecule has 0 amide bonds. The average molecular weight is 364 g/mol. The van der Waals surface area contributed by atoms with Crippen LogP contribution in [-0.4, -0.2) is 22.7 Å². The Hall–Kier alpha value is -3.41. The Kier molecular flexibility index (Phi) is 5.99. The molecule has 0 fully saturated rings. The predicted molar refractivity (Wildman–Crippen MR) is 101 cm³/mol. The number of aromatic nitrogens is 2. The average Bonchev–Trinajstić information content (AvgIpc) is 3.15. The number of para-hydroxylation sites is 1. The van der Waals surface area contributed by atoms with E-state index in [4.69, 9.17) is 14.0 Å². The van der Waals surface area contributed by atoms with E-state index < -0.39 is 5.97 Å². The molecule has 138 valence electrons. The van der Waals surface area contributed by atoms with Crippen molar-refractivity contribution < 1.29 is 18.8 Å². The van der Waals surface area contributed by atoms with Gasteiger partial charge in [-0.05, 0) is 38.1 Å². The van der Waals surface area contributed by atoms with Gasteiger partial charge in [0.2, 0.25) is 5.82 Å². The topological polar surface area (TPSA) is 74.5 Å². The molecule has 0 aliphatic rings. The van der Waals surface area contributed by atoms with Gasteiger partial charge in [0.1, 0.15) is 5.75 Å². The number of nitrogens with zero attached hydrogens (tertiary/aromatic N) is 2. The van der Waals surface area contributed by atoms with E-state index in [0.29, 0.717) is 24.1 Å². The SMILES string of the molecule is CCOc1ccccc1/C=C/C(=O)OCc1noc(-c2ccc(C)cc2)n1. The van der Waals surface area contributed by atoms with Crippen LogP contribution in [0.25, 0.3) is 17.5 Å². The summed E-state index contributed by atoms with van der Waals surface area (Å²) in [5.74, 6) is 0.914. The maximum atomic E-state index is 11.9. The summed E-state index contributed by atoms with van der Waals surface area (Å²) in [4.78, 5) is 16.2. The smallest absolute Gasteiger partial charge is 0.331 e. The molecule has 0 N–H and O–H groups in total. The van der Waals surface area contributed by atoms with Crippen LogP contribution in [0, 0.1) is 6.92 Å². The van der Waals surface area contributed by atoms with Gasteiger partial charge >= 0.3 is 5.97 Å². The molecule has 0 saturated carbocycles. The molecule has 0 spiro atoms. The number of hydrogen-bond acceptors (Lipinski definition) is 6. The van der Waals surface area contributed by atoms with Gasteiger partial charge in [-0.15, -0.1) is 0 Å². The van der Waals surface area contributed by atoms with Crippen LogP contribution in [-0.2, 0) is 16.1 Å². The number of aryl methyl sites for hydroxylation is 1. The van der Waals surface area contributed by atoms with Gasteiger partial charge in [-0.25, -0.2) is 4.79 Å². The van der Waals surface area contributed by atoms with Crippen molar-refractivity contribution in [3.63, 3.8) is 0 Å². The Morgan fingerprint density at radius 3 is 2.70 bits per heavy atom. The molecule has 0 aliphatic heterocycles. The standard InChI is InChI=1S/C21H20N2O4/c1-3-25-18-7-5-4-6-16(18)12-13-20(24)26-14-19-22-21(27-23-19)17-10-8-15(2)9-11-17/h4-13H,3,14H2,1-2H3/b13-12+. The van der Waals surface area contributed by atoms with Gasteiger partial charge in [0, 0.05) is 17.2 Å². The van der Waals surface area contributed by atoms with Crippen LogP contribution in [0.5, 0.6) is 5.75 Å². The van der Waals surface area contributed by atoms with Gasteiger partial charge in [0.05, 0.1) is 6.61 Å². The van der Waals surface area contributed by atoms with Gasteiger partial charge in [-0.2, -0.15) is 4.98 Å². The van der Waals surface area contributed by atoms with Gasteiger partial charge < -0.3 is 14.0 Å². The van der Waals surface area contributed by atoms with Gasteiger partial charge in [-0.3, -0.25) is 0 Å². The summed E-state index contributed by atoms with van der Waals surface area (Å²) in [6, 6.07) is 15.2. The summed E-state index contributed by atoms with van der Waals surface area (Å²) in [6.07, 6.45) is 3.00. The molecule has 1 heterocycles. The van der Waals surface area contributed by atoms with Gasteiger partial charge in [0.25, 0.3) is 5.89 Å². The Bertz CT molecular complexity index is 929. The zero-order valence-corrected chi connectivity index (χ0v) is 15.2. The number of esters is 1. The minimum Gasteiger partial charge on any atom is -0.493 e. The number of carbonyl (C=O) groups excluding carboxylic acids is 1. The molecule has 0 bridgehead atoms. The van der Waals surface area contributed by atoms with Gasteiger partial charge in [0.15, 0.2) is 6.61 Å². The fourth-order valence-corrected chi connectivity index (χ4v) is 2.37. The first-order chi connectivity index (χ1) is 13.2. The Morgan fingerprint density at radius 2 is 1.93 bits per heavy atom. The van der Waals surface area contributed by atoms with E-state index in [1.165, 1.54) is 6.08 Å². The molecule has 27 heavy (non-hydrogen) atoms. The summed E-state index contributed by atoms with van der Waals surface area (Å²) < 4.78 is 15.9. The van der Waals surface area contributed by atoms with Crippen molar-refractivity contribution in [1.29, 1.82) is 0 Å². The number of benzene rings is 2. The van der Waals surface area contributed by atoms with Crippen LogP contribution >= 0.6 is 0 Å². The molecule has 6 nitrogen and oxygen atoms in total. The lowest BCUT2D eigenvalue weighted by molar-refractivity contribution is -0.139. The van der Waals surface area contributed by atoms with E-state index in [9.17, 15) is 4.79 Å². The summed E-state index contributed by atoms with van der Waals surface area (Å²) in [5.41, 5.74) is 2.76. The van der Waals surface area contributed by atoms with E-state index in [2.05, 4.69) is 10.1 Å². The fourth-order valence-electron chi connectivity index (χ4n) is 2.37. The maximum absolute atomic E-state index is 11.9. The Balaban J connectivity index is 1.57. The number of carbonyl (C=O) groups is 1. The predicted octanol–water partition coefficient (Wildman–Crippen LogP) is 4.20. The third-order valence-electron chi connectivity index (χ3n) is 3.73. The second kappa shape index (κ2) is 8.80.